The number of halogens is 2. The van der Waals surface area contributed by atoms with Crippen molar-refractivity contribution in [3.63, 3.8) is 0 Å². The van der Waals surface area contributed by atoms with Crippen molar-refractivity contribution in [3.8, 4) is 0 Å². The second-order valence-corrected chi connectivity index (χ2v) is 3.27. The minimum absolute atomic E-state index is 0. The highest BCUT2D eigenvalue weighted by atomic mass is 79.9. The first-order valence-corrected chi connectivity index (χ1v) is 3.82. The van der Waals surface area contributed by atoms with Gasteiger partial charge in [0.15, 0.2) is 0 Å². The van der Waals surface area contributed by atoms with Crippen molar-refractivity contribution < 1.29 is 0 Å². The third-order valence-electron chi connectivity index (χ3n) is 1.09. The fraction of sp³-hybridized carbons (Fsp3) is 0.500. The Morgan fingerprint density at radius 3 is 2.64 bits per heavy atom. The van der Waals surface area contributed by atoms with Crippen molar-refractivity contribution in [1.82, 2.24) is 15.1 Å². The molecule has 0 spiro atoms. The molecule has 0 aromatic carbocycles. The lowest BCUT2D eigenvalue weighted by Gasteiger charge is -2.05. The largest absolute Gasteiger partial charge is 0.304 e. The summed E-state index contributed by atoms with van der Waals surface area (Å²) in [4.78, 5) is 2.08. The highest BCUT2D eigenvalue weighted by Crippen LogP contribution is 2.07. The standard InChI is InChI=1S/C6H10BrN3.ClH/c1-10(2)4-5-3-6(7)9-8-5;/h3H,4H2,1-2H3,(H,8,9);1H. The van der Waals surface area contributed by atoms with Crippen molar-refractivity contribution in [3.05, 3.63) is 16.4 Å². The zero-order chi connectivity index (χ0) is 7.56. The smallest absolute Gasteiger partial charge is 0.128 e. The van der Waals surface area contributed by atoms with Crippen LogP contribution >= 0.6 is 28.3 Å². The van der Waals surface area contributed by atoms with Gasteiger partial charge in [0.25, 0.3) is 0 Å². The molecular formula is C6H11BrClN3. The maximum atomic E-state index is 3.93. The fourth-order valence-electron chi connectivity index (χ4n) is 0.755. The average Bonchev–Trinajstić information content (AvgIpc) is 2.13. The molecule has 1 rings (SSSR count). The Morgan fingerprint density at radius 1 is 1.64 bits per heavy atom. The average molecular weight is 241 g/mol. The maximum Gasteiger partial charge on any atom is 0.128 e. The van der Waals surface area contributed by atoms with Crippen LogP contribution in [0.5, 0.6) is 0 Å². The number of rotatable bonds is 2. The molecule has 1 aromatic rings. The molecule has 3 nitrogen and oxygen atoms in total. The summed E-state index contributed by atoms with van der Waals surface area (Å²) in [7, 11) is 4.05. The van der Waals surface area contributed by atoms with Crippen molar-refractivity contribution in [1.29, 1.82) is 0 Å². The molecule has 0 aliphatic heterocycles. The topological polar surface area (TPSA) is 31.9 Å². The Labute approximate surface area is 80.7 Å². The van der Waals surface area contributed by atoms with E-state index in [0.29, 0.717) is 0 Å². The third kappa shape index (κ3) is 3.74. The first-order chi connectivity index (χ1) is 4.68. The van der Waals surface area contributed by atoms with Gasteiger partial charge in [-0.3, -0.25) is 5.10 Å². The van der Waals surface area contributed by atoms with E-state index in [9.17, 15) is 0 Å². The Balaban J connectivity index is 0.000001000. The molecule has 0 radical (unpaired) electrons. The van der Waals surface area contributed by atoms with E-state index >= 15 is 0 Å². The van der Waals surface area contributed by atoms with Crippen LogP contribution in [0, 0.1) is 0 Å². The van der Waals surface area contributed by atoms with Gasteiger partial charge in [-0.15, -0.1) is 12.4 Å². The molecule has 11 heavy (non-hydrogen) atoms. The first kappa shape index (κ1) is 10.9. The van der Waals surface area contributed by atoms with E-state index in [4.69, 9.17) is 0 Å². The highest BCUT2D eigenvalue weighted by Gasteiger charge is 1.97. The molecule has 0 atom stereocenters. The Bertz CT molecular complexity index is 211. The number of nitrogens with one attached hydrogen (secondary N) is 1. The minimum Gasteiger partial charge on any atom is -0.304 e. The molecule has 0 fully saturated rings. The lowest BCUT2D eigenvalue weighted by atomic mass is 10.4. The van der Waals surface area contributed by atoms with E-state index in [1.807, 2.05) is 20.2 Å². The summed E-state index contributed by atoms with van der Waals surface area (Å²) in [5, 5.41) is 6.83. The molecule has 1 heterocycles. The number of H-pyrrole nitrogens is 1. The summed E-state index contributed by atoms with van der Waals surface area (Å²) in [5.74, 6) is 0. The molecule has 0 saturated heterocycles. The number of hydrogen-bond donors (Lipinski definition) is 1. The van der Waals surface area contributed by atoms with Crippen LogP contribution in [0.4, 0.5) is 0 Å². The second kappa shape index (κ2) is 4.74. The zero-order valence-electron chi connectivity index (χ0n) is 6.47. The predicted octanol–water partition coefficient (Wildman–Crippen LogP) is 1.66. The van der Waals surface area contributed by atoms with Crippen LogP contribution in [-0.4, -0.2) is 29.2 Å². The van der Waals surface area contributed by atoms with E-state index in [0.717, 1.165) is 16.8 Å². The summed E-state index contributed by atoms with van der Waals surface area (Å²) >= 11 is 3.26. The molecule has 64 valence electrons. The molecule has 0 aliphatic rings. The fourth-order valence-corrected chi connectivity index (χ4v) is 1.12. The predicted molar refractivity (Wildman–Crippen MR) is 50.9 cm³/mol. The van der Waals surface area contributed by atoms with E-state index in [1.54, 1.807) is 0 Å². The van der Waals surface area contributed by atoms with E-state index in [1.165, 1.54) is 0 Å². The van der Waals surface area contributed by atoms with Gasteiger partial charge in [-0.25, -0.2) is 0 Å². The molecule has 0 aliphatic carbocycles. The van der Waals surface area contributed by atoms with Gasteiger partial charge < -0.3 is 4.90 Å². The molecular weight excluding hydrogens is 229 g/mol. The number of hydrogen-bond acceptors (Lipinski definition) is 2. The van der Waals surface area contributed by atoms with Crippen molar-refractivity contribution in [2.24, 2.45) is 0 Å². The van der Waals surface area contributed by atoms with Gasteiger partial charge in [0, 0.05) is 6.54 Å². The van der Waals surface area contributed by atoms with Crippen LogP contribution in [-0.2, 0) is 6.54 Å². The molecule has 1 aromatic heterocycles. The number of aromatic nitrogens is 2. The molecule has 1 N–H and O–H groups in total. The Kier molecular flexibility index (Phi) is 4.72. The lowest BCUT2D eigenvalue weighted by molar-refractivity contribution is 0.396. The molecule has 0 amide bonds. The van der Waals surface area contributed by atoms with Crippen molar-refractivity contribution in [2.45, 2.75) is 6.54 Å². The minimum atomic E-state index is 0. The lowest BCUT2D eigenvalue weighted by Crippen LogP contribution is -2.10. The molecule has 0 saturated carbocycles. The monoisotopic (exact) mass is 239 g/mol. The first-order valence-electron chi connectivity index (χ1n) is 3.03. The number of nitrogens with zero attached hydrogens (tertiary/aromatic N) is 2. The summed E-state index contributed by atoms with van der Waals surface area (Å²) in [6, 6.07) is 1.97. The zero-order valence-corrected chi connectivity index (χ0v) is 8.87. The molecule has 0 bridgehead atoms. The van der Waals surface area contributed by atoms with Crippen LogP contribution < -0.4 is 0 Å². The Morgan fingerprint density at radius 2 is 2.27 bits per heavy atom. The summed E-state index contributed by atoms with van der Waals surface area (Å²) in [6.45, 7) is 0.901. The molecule has 5 heteroatoms. The van der Waals surface area contributed by atoms with Crippen molar-refractivity contribution >= 4 is 28.3 Å². The van der Waals surface area contributed by atoms with Crippen molar-refractivity contribution in [2.75, 3.05) is 14.1 Å². The summed E-state index contributed by atoms with van der Waals surface area (Å²) in [6.07, 6.45) is 0. The quantitative estimate of drug-likeness (QED) is 0.853. The highest BCUT2D eigenvalue weighted by molar-refractivity contribution is 9.10. The van der Waals surface area contributed by atoms with Crippen LogP contribution in [0.25, 0.3) is 0 Å². The second-order valence-electron chi connectivity index (χ2n) is 2.45. The van der Waals surface area contributed by atoms with Gasteiger partial charge in [-0.2, -0.15) is 5.10 Å². The van der Waals surface area contributed by atoms with E-state index in [-0.39, 0.29) is 12.4 Å². The normalized spacial score (nSPS) is 9.82. The summed E-state index contributed by atoms with van der Waals surface area (Å²) in [5.41, 5.74) is 1.12. The van der Waals surface area contributed by atoms with E-state index < -0.39 is 0 Å². The van der Waals surface area contributed by atoms with Gasteiger partial charge in [0.05, 0.1) is 5.69 Å². The van der Waals surface area contributed by atoms with Gasteiger partial charge >= 0.3 is 0 Å². The summed E-state index contributed by atoms with van der Waals surface area (Å²) < 4.78 is 0.865. The van der Waals surface area contributed by atoms with Gasteiger partial charge in [-0.05, 0) is 36.1 Å². The van der Waals surface area contributed by atoms with Crippen LogP contribution in [0.15, 0.2) is 10.7 Å². The maximum absolute atomic E-state index is 3.93. The van der Waals surface area contributed by atoms with E-state index in [2.05, 4.69) is 31.0 Å². The third-order valence-corrected chi connectivity index (χ3v) is 1.49. The van der Waals surface area contributed by atoms with Crippen LogP contribution in [0.2, 0.25) is 0 Å². The van der Waals surface area contributed by atoms with Crippen LogP contribution in [0.3, 0.4) is 0 Å². The van der Waals surface area contributed by atoms with Gasteiger partial charge in [-0.1, -0.05) is 0 Å². The van der Waals surface area contributed by atoms with Crippen LogP contribution in [0.1, 0.15) is 5.69 Å². The van der Waals surface area contributed by atoms with Gasteiger partial charge in [0.1, 0.15) is 4.60 Å². The van der Waals surface area contributed by atoms with Gasteiger partial charge in [0.2, 0.25) is 0 Å². The molecule has 0 unspecified atom stereocenters. The SMILES string of the molecule is CN(C)Cc1cc(Br)n[nH]1.Cl. The Hall–Kier alpha value is -0.0600. The number of aromatic amines is 1.